The molecule has 0 saturated heterocycles. The lowest BCUT2D eigenvalue weighted by Crippen LogP contribution is -2.20. The second-order valence-electron chi connectivity index (χ2n) is 5.72. The molecule has 2 rings (SSSR count). The zero-order valence-electron chi connectivity index (χ0n) is 10.6. The molecule has 0 amide bonds. The van der Waals surface area contributed by atoms with Crippen LogP contribution in [0.25, 0.3) is 0 Å². The average Bonchev–Trinajstić information content (AvgIpc) is 2.95. The lowest BCUT2D eigenvalue weighted by Gasteiger charge is -2.03. The number of alkyl halides is 3. The quantitative estimate of drug-likeness (QED) is 0.594. The summed E-state index contributed by atoms with van der Waals surface area (Å²) in [5, 5.41) is 0. The first-order valence-electron chi connectivity index (χ1n) is 5.70. The number of halogens is 3. The lowest BCUT2D eigenvalue weighted by atomic mass is 10.0. The van der Waals surface area contributed by atoms with Crippen molar-refractivity contribution in [2.75, 3.05) is 7.11 Å². The van der Waals surface area contributed by atoms with Crippen LogP contribution in [0, 0.1) is 23.2 Å². The van der Waals surface area contributed by atoms with Gasteiger partial charge in [0.15, 0.2) is 5.78 Å². The van der Waals surface area contributed by atoms with Crippen LogP contribution in [0.5, 0.6) is 0 Å². The van der Waals surface area contributed by atoms with Crippen LogP contribution in [0.15, 0.2) is 0 Å². The molecule has 0 heterocycles. The topological polar surface area (TPSA) is 43.4 Å². The standard InChI is InChI=1S/C12H15Cl3O3/c1-5(16)11(13)8(12(11,14)15)6-7(9(17)18-4)10(6,2)3/h6-8H,1-4H3/t6-,7+,8?,11?/m1/s1. The van der Waals surface area contributed by atoms with Crippen molar-refractivity contribution in [3.63, 3.8) is 0 Å². The molecule has 4 atom stereocenters. The maximum Gasteiger partial charge on any atom is 0.309 e. The molecule has 2 aliphatic carbocycles. The number of rotatable bonds is 3. The van der Waals surface area contributed by atoms with Crippen molar-refractivity contribution in [2.24, 2.45) is 23.2 Å². The highest BCUT2D eigenvalue weighted by atomic mass is 35.5. The van der Waals surface area contributed by atoms with Gasteiger partial charge in [0.25, 0.3) is 0 Å². The number of ether oxygens (including phenoxy) is 1. The van der Waals surface area contributed by atoms with Gasteiger partial charge in [-0.2, -0.15) is 0 Å². The van der Waals surface area contributed by atoms with Crippen molar-refractivity contribution < 1.29 is 14.3 Å². The Morgan fingerprint density at radius 1 is 1.17 bits per heavy atom. The van der Waals surface area contributed by atoms with Gasteiger partial charge in [0.1, 0.15) is 9.21 Å². The van der Waals surface area contributed by atoms with Gasteiger partial charge < -0.3 is 4.74 Å². The van der Waals surface area contributed by atoms with E-state index in [-0.39, 0.29) is 29.0 Å². The van der Waals surface area contributed by atoms with E-state index in [0.29, 0.717) is 0 Å². The minimum atomic E-state index is -1.30. The molecule has 0 aliphatic heterocycles. The van der Waals surface area contributed by atoms with E-state index < -0.39 is 15.1 Å². The van der Waals surface area contributed by atoms with Gasteiger partial charge in [-0.25, -0.2) is 0 Å². The van der Waals surface area contributed by atoms with Crippen LogP contribution in [0.3, 0.4) is 0 Å². The minimum Gasteiger partial charge on any atom is -0.469 e. The normalized spacial score (nSPS) is 43.2. The van der Waals surface area contributed by atoms with E-state index in [1.807, 2.05) is 13.8 Å². The number of esters is 1. The Hall–Kier alpha value is 0.01000. The van der Waals surface area contributed by atoms with E-state index >= 15 is 0 Å². The first kappa shape index (κ1) is 14.4. The van der Waals surface area contributed by atoms with Gasteiger partial charge in [-0.15, -0.1) is 11.6 Å². The largest absolute Gasteiger partial charge is 0.469 e. The van der Waals surface area contributed by atoms with Crippen molar-refractivity contribution in [2.45, 2.75) is 30.0 Å². The summed E-state index contributed by atoms with van der Waals surface area (Å²) in [6, 6.07) is 0. The van der Waals surface area contributed by atoms with Crippen molar-refractivity contribution in [1.82, 2.24) is 0 Å². The van der Waals surface area contributed by atoms with Gasteiger partial charge in [-0.05, 0) is 18.3 Å². The van der Waals surface area contributed by atoms with Gasteiger partial charge in [0.05, 0.1) is 13.0 Å². The van der Waals surface area contributed by atoms with E-state index in [1.54, 1.807) is 0 Å². The zero-order valence-corrected chi connectivity index (χ0v) is 12.9. The number of methoxy groups -OCH3 is 1. The molecule has 0 aromatic heterocycles. The molecule has 2 unspecified atom stereocenters. The molecule has 2 aliphatic rings. The maximum atomic E-state index is 11.7. The fourth-order valence-electron chi connectivity index (χ4n) is 3.20. The predicted molar refractivity (Wildman–Crippen MR) is 70.0 cm³/mol. The third kappa shape index (κ3) is 1.50. The molecule has 102 valence electrons. The Morgan fingerprint density at radius 3 is 2.00 bits per heavy atom. The van der Waals surface area contributed by atoms with Crippen LogP contribution >= 0.6 is 34.8 Å². The van der Waals surface area contributed by atoms with Crippen LogP contribution in [-0.2, 0) is 14.3 Å². The zero-order chi connectivity index (χ0) is 14.1. The number of hydrogen-bond acceptors (Lipinski definition) is 3. The highest BCUT2D eigenvalue weighted by molar-refractivity contribution is 6.62. The monoisotopic (exact) mass is 312 g/mol. The summed E-state index contributed by atoms with van der Waals surface area (Å²) >= 11 is 18.5. The first-order valence-corrected chi connectivity index (χ1v) is 6.83. The second kappa shape index (κ2) is 3.77. The third-order valence-corrected chi connectivity index (χ3v) is 6.52. The molecule has 0 spiro atoms. The van der Waals surface area contributed by atoms with Gasteiger partial charge >= 0.3 is 5.97 Å². The summed E-state index contributed by atoms with van der Waals surface area (Å²) in [7, 11) is 1.34. The fraction of sp³-hybridized carbons (Fsp3) is 0.833. The number of Topliss-reactive ketones (excluding diaryl/α,β-unsaturated/α-hetero) is 1. The molecule has 18 heavy (non-hydrogen) atoms. The lowest BCUT2D eigenvalue weighted by molar-refractivity contribution is -0.143. The van der Waals surface area contributed by atoms with Gasteiger partial charge in [-0.1, -0.05) is 37.0 Å². The molecule has 0 radical (unpaired) electrons. The van der Waals surface area contributed by atoms with Crippen molar-refractivity contribution in [3.05, 3.63) is 0 Å². The minimum absolute atomic E-state index is 0.124. The molecule has 3 nitrogen and oxygen atoms in total. The van der Waals surface area contributed by atoms with E-state index in [0.717, 1.165) is 0 Å². The van der Waals surface area contributed by atoms with Crippen LogP contribution in [0.2, 0.25) is 0 Å². The Kier molecular flexibility index (Phi) is 3.02. The Morgan fingerprint density at radius 2 is 1.67 bits per heavy atom. The number of hydrogen-bond donors (Lipinski definition) is 0. The summed E-state index contributed by atoms with van der Waals surface area (Å²) in [5.74, 6) is -1.40. The predicted octanol–water partition coefficient (Wildman–Crippen LogP) is 2.80. The Labute approximate surface area is 121 Å². The van der Waals surface area contributed by atoms with Crippen molar-refractivity contribution in [3.8, 4) is 0 Å². The van der Waals surface area contributed by atoms with E-state index in [2.05, 4.69) is 0 Å². The summed E-state index contributed by atoms with van der Waals surface area (Å²) in [6.45, 7) is 5.23. The van der Waals surface area contributed by atoms with E-state index in [1.165, 1.54) is 14.0 Å². The second-order valence-corrected chi connectivity index (χ2v) is 7.70. The van der Waals surface area contributed by atoms with Crippen LogP contribution in [0.4, 0.5) is 0 Å². The first-order chi connectivity index (χ1) is 8.04. The average molecular weight is 314 g/mol. The fourth-order valence-corrected chi connectivity index (χ4v) is 4.67. The molecule has 2 saturated carbocycles. The molecular formula is C12H15Cl3O3. The summed E-state index contributed by atoms with van der Waals surface area (Å²) < 4.78 is 3.46. The molecule has 6 heteroatoms. The molecule has 0 aromatic rings. The summed E-state index contributed by atoms with van der Waals surface area (Å²) in [5.41, 5.74) is -0.293. The Bertz CT molecular complexity index is 432. The summed E-state index contributed by atoms with van der Waals surface area (Å²) in [4.78, 5) is 22.0. The highest BCUT2D eigenvalue weighted by Gasteiger charge is 2.87. The van der Waals surface area contributed by atoms with Crippen LogP contribution in [0.1, 0.15) is 20.8 Å². The Balaban J connectivity index is 2.27. The molecule has 0 bridgehead atoms. The van der Waals surface area contributed by atoms with Gasteiger partial charge in [0, 0.05) is 5.92 Å². The molecule has 2 fully saturated rings. The van der Waals surface area contributed by atoms with Crippen molar-refractivity contribution in [1.29, 1.82) is 0 Å². The van der Waals surface area contributed by atoms with Crippen LogP contribution in [-0.4, -0.2) is 28.1 Å². The van der Waals surface area contributed by atoms with E-state index in [4.69, 9.17) is 39.5 Å². The van der Waals surface area contributed by atoms with Gasteiger partial charge in [-0.3, -0.25) is 9.59 Å². The van der Waals surface area contributed by atoms with E-state index in [9.17, 15) is 9.59 Å². The van der Waals surface area contributed by atoms with Crippen molar-refractivity contribution >= 4 is 46.6 Å². The molecule has 0 aromatic carbocycles. The summed E-state index contributed by atoms with van der Waals surface area (Å²) in [6.07, 6.45) is 0. The number of ketones is 1. The SMILES string of the molecule is COC(=O)[C@@H]1[C@H](C2C(Cl)(Cl)C2(Cl)C(C)=O)C1(C)C. The van der Waals surface area contributed by atoms with Crippen LogP contribution < -0.4 is 0 Å². The third-order valence-electron chi connectivity index (χ3n) is 4.46. The highest BCUT2D eigenvalue weighted by Crippen LogP contribution is 2.79. The smallest absolute Gasteiger partial charge is 0.309 e. The molecule has 0 N–H and O–H groups in total. The number of carbonyl (C=O) groups is 2. The van der Waals surface area contributed by atoms with Gasteiger partial charge in [0.2, 0.25) is 0 Å². The maximum absolute atomic E-state index is 11.7. The molecular weight excluding hydrogens is 298 g/mol. The number of carbonyl (C=O) groups excluding carboxylic acids is 2.